The molecule has 0 fully saturated rings. The van der Waals surface area contributed by atoms with Gasteiger partial charge in [-0.05, 0) is 37.3 Å². The van der Waals surface area contributed by atoms with Crippen LogP contribution in [-0.4, -0.2) is 12.7 Å². The molecule has 1 aliphatic heterocycles. The van der Waals surface area contributed by atoms with E-state index in [1.54, 1.807) is 12.3 Å². The minimum atomic E-state index is -4.30. The molecule has 1 aliphatic rings. The molecule has 0 unspecified atom stereocenters. The third-order valence-electron chi connectivity index (χ3n) is 2.21. The number of hydrogen-bond donors (Lipinski definition) is 1. The van der Waals surface area contributed by atoms with Crippen LogP contribution in [0.3, 0.4) is 0 Å². The van der Waals surface area contributed by atoms with Crippen molar-refractivity contribution in [3.63, 3.8) is 0 Å². The quantitative estimate of drug-likeness (QED) is 0.670. The van der Waals surface area contributed by atoms with E-state index in [4.69, 9.17) is 0 Å². The maximum atomic E-state index is 12.7. The largest absolute Gasteiger partial charge is 0.416 e. The van der Waals surface area contributed by atoms with Gasteiger partial charge in [-0.2, -0.15) is 13.2 Å². The van der Waals surface area contributed by atoms with Gasteiger partial charge in [-0.25, -0.2) is 0 Å². The summed E-state index contributed by atoms with van der Waals surface area (Å²) in [4.78, 5) is 0. The van der Waals surface area contributed by atoms with Crippen molar-refractivity contribution in [2.75, 3.05) is 6.54 Å². The Morgan fingerprint density at radius 2 is 1.88 bits per heavy atom. The first-order valence-corrected chi connectivity index (χ1v) is 4.94. The molecule has 0 aliphatic carbocycles. The van der Waals surface area contributed by atoms with Crippen molar-refractivity contribution in [3.8, 4) is 0 Å². The number of hydrogen-bond acceptors (Lipinski definition) is 1. The maximum absolute atomic E-state index is 12.7. The van der Waals surface area contributed by atoms with E-state index in [1.807, 2.05) is 13.0 Å². The topological polar surface area (TPSA) is 12.0 Å². The zero-order valence-corrected chi connectivity index (χ0v) is 9.23. The number of alkyl halides is 3. The van der Waals surface area contributed by atoms with Gasteiger partial charge < -0.3 is 5.32 Å². The van der Waals surface area contributed by atoms with Crippen LogP contribution in [0.4, 0.5) is 13.2 Å². The first kappa shape index (κ1) is 12.6. The van der Waals surface area contributed by atoms with Crippen LogP contribution in [0, 0.1) is 0 Å². The molecule has 1 nitrogen and oxygen atoms in total. The smallest absolute Gasteiger partial charge is 0.387 e. The summed E-state index contributed by atoms with van der Waals surface area (Å²) in [5.41, 5.74) is 0.540. The molecule has 88 valence electrons. The van der Waals surface area contributed by atoms with Crippen molar-refractivity contribution in [2.24, 2.45) is 0 Å². The molecule has 0 bridgehead atoms. The Hall–Kier alpha value is -1.45. The summed E-state index contributed by atoms with van der Waals surface area (Å²) in [7, 11) is 0. The van der Waals surface area contributed by atoms with E-state index in [0.717, 1.165) is 11.6 Å². The fourth-order valence-corrected chi connectivity index (χ4v) is 1.32. The second kappa shape index (κ2) is 5.05. The summed E-state index contributed by atoms with van der Waals surface area (Å²) in [6, 6.07) is 0. The molecular formula is C12H14F3N. The van der Waals surface area contributed by atoms with Crippen molar-refractivity contribution in [2.45, 2.75) is 20.0 Å². The van der Waals surface area contributed by atoms with Gasteiger partial charge in [-0.3, -0.25) is 0 Å². The maximum Gasteiger partial charge on any atom is 0.416 e. The Morgan fingerprint density at radius 3 is 2.50 bits per heavy atom. The highest BCUT2D eigenvalue weighted by Crippen LogP contribution is 2.31. The molecule has 0 atom stereocenters. The van der Waals surface area contributed by atoms with Crippen molar-refractivity contribution >= 4 is 0 Å². The van der Waals surface area contributed by atoms with Crippen LogP contribution in [0.1, 0.15) is 13.8 Å². The molecule has 1 rings (SSSR count). The van der Waals surface area contributed by atoms with Crippen molar-refractivity contribution < 1.29 is 13.2 Å². The lowest BCUT2D eigenvalue weighted by atomic mass is 10.1. The van der Waals surface area contributed by atoms with Gasteiger partial charge in [-0.15, -0.1) is 0 Å². The second-order valence-corrected chi connectivity index (χ2v) is 3.62. The molecule has 0 aromatic rings. The van der Waals surface area contributed by atoms with Crippen LogP contribution in [0.15, 0.2) is 47.2 Å². The number of allylic oxidation sites excluding steroid dienone is 6. The molecule has 0 saturated carbocycles. The molecule has 4 heteroatoms. The van der Waals surface area contributed by atoms with E-state index in [-0.39, 0.29) is 12.1 Å². The Morgan fingerprint density at radius 1 is 1.19 bits per heavy atom. The predicted octanol–water partition coefficient (Wildman–Crippen LogP) is 3.48. The Kier molecular flexibility index (Phi) is 3.99. The fourth-order valence-electron chi connectivity index (χ4n) is 1.32. The number of nitrogens with one attached hydrogen (secondary N) is 1. The van der Waals surface area contributed by atoms with E-state index in [2.05, 4.69) is 5.32 Å². The zero-order valence-electron chi connectivity index (χ0n) is 9.23. The SMILES string of the molecule is CC1=C/C=C(C)/C(C(F)(F)F)=C\CN\C=C\1. The molecule has 0 spiro atoms. The van der Waals surface area contributed by atoms with Crippen molar-refractivity contribution in [1.29, 1.82) is 0 Å². The van der Waals surface area contributed by atoms with Gasteiger partial charge in [0.1, 0.15) is 0 Å². The Balaban J connectivity index is 3.09. The summed E-state index contributed by atoms with van der Waals surface area (Å²) in [5.74, 6) is 0. The number of rotatable bonds is 0. The van der Waals surface area contributed by atoms with Crippen LogP contribution in [0.2, 0.25) is 0 Å². The van der Waals surface area contributed by atoms with E-state index in [0.29, 0.717) is 0 Å². The average molecular weight is 229 g/mol. The molecule has 0 amide bonds. The molecular weight excluding hydrogens is 215 g/mol. The molecule has 16 heavy (non-hydrogen) atoms. The normalized spacial score (nSPS) is 29.9. The standard InChI is InChI=1S/C12H14F3N/c1-9-3-4-10(2)11(12(13,14)15)6-8-16-7-5-9/h3-7,16H,8H2,1-2H3/b7-5+,9-3-,10-4+,11-6+. The first-order valence-electron chi connectivity index (χ1n) is 4.94. The van der Waals surface area contributed by atoms with E-state index < -0.39 is 11.7 Å². The Labute approximate surface area is 93.0 Å². The summed E-state index contributed by atoms with van der Waals surface area (Å²) < 4.78 is 38.0. The van der Waals surface area contributed by atoms with Crippen LogP contribution >= 0.6 is 0 Å². The summed E-state index contributed by atoms with van der Waals surface area (Å²) in [6.45, 7) is 3.47. The molecule has 0 radical (unpaired) electrons. The zero-order chi connectivity index (χ0) is 12.2. The third-order valence-corrected chi connectivity index (χ3v) is 2.21. The lowest BCUT2D eigenvalue weighted by Gasteiger charge is -2.13. The molecule has 0 aromatic heterocycles. The van der Waals surface area contributed by atoms with Gasteiger partial charge in [0.2, 0.25) is 0 Å². The van der Waals surface area contributed by atoms with Gasteiger partial charge in [0.25, 0.3) is 0 Å². The first-order chi connectivity index (χ1) is 7.41. The average Bonchev–Trinajstić information content (AvgIpc) is 2.17. The summed E-state index contributed by atoms with van der Waals surface area (Å²) in [5, 5.41) is 2.78. The van der Waals surface area contributed by atoms with E-state index in [9.17, 15) is 13.2 Å². The van der Waals surface area contributed by atoms with E-state index >= 15 is 0 Å². The van der Waals surface area contributed by atoms with Gasteiger partial charge in [0, 0.05) is 6.54 Å². The van der Waals surface area contributed by atoms with Crippen LogP contribution in [0.25, 0.3) is 0 Å². The van der Waals surface area contributed by atoms with Crippen LogP contribution in [0.5, 0.6) is 0 Å². The van der Waals surface area contributed by atoms with Gasteiger partial charge in [-0.1, -0.05) is 18.2 Å². The highest BCUT2D eigenvalue weighted by molar-refractivity contribution is 5.38. The molecule has 0 saturated heterocycles. The lowest BCUT2D eigenvalue weighted by Crippen LogP contribution is -2.16. The lowest BCUT2D eigenvalue weighted by molar-refractivity contribution is -0.0894. The van der Waals surface area contributed by atoms with Crippen molar-refractivity contribution in [1.82, 2.24) is 5.32 Å². The van der Waals surface area contributed by atoms with Gasteiger partial charge >= 0.3 is 6.18 Å². The summed E-state index contributed by atoms with van der Waals surface area (Å²) in [6.07, 6.45) is 3.47. The fraction of sp³-hybridized carbons (Fsp3) is 0.333. The van der Waals surface area contributed by atoms with Crippen LogP contribution in [-0.2, 0) is 0 Å². The molecule has 1 N–H and O–H groups in total. The monoisotopic (exact) mass is 229 g/mol. The minimum Gasteiger partial charge on any atom is -0.387 e. The predicted molar refractivity (Wildman–Crippen MR) is 58.8 cm³/mol. The Bertz CT molecular complexity index is 370. The highest BCUT2D eigenvalue weighted by atomic mass is 19.4. The second-order valence-electron chi connectivity index (χ2n) is 3.62. The summed E-state index contributed by atoms with van der Waals surface area (Å²) >= 11 is 0. The van der Waals surface area contributed by atoms with Crippen molar-refractivity contribution in [3.05, 3.63) is 47.2 Å². The van der Waals surface area contributed by atoms with E-state index in [1.165, 1.54) is 13.0 Å². The molecule has 0 aromatic carbocycles. The van der Waals surface area contributed by atoms with Crippen LogP contribution < -0.4 is 5.32 Å². The van der Waals surface area contributed by atoms with Gasteiger partial charge in [0.05, 0.1) is 5.57 Å². The number of halogens is 3. The van der Waals surface area contributed by atoms with Gasteiger partial charge in [0.15, 0.2) is 0 Å². The molecule has 1 heterocycles. The minimum absolute atomic E-state index is 0.170. The third kappa shape index (κ3) is 3.61. The highest BCUT2D eigenvalue weighted by Gasteiger charge is 2.33.